The standard InChI is InChI=1S/C10H18F6N2O/c1-17-3-5-18(7-9(11,12)13)4-2-6-19-8-10(14,15)16/h17H,2-8H2,1H3. The number of hydrogen-bond acceptors (Lipinski definition) is 3. The topological polar surface area (TPSA) is 24.5 Å². The van der Waals surface area contributed by atoms with E-state index in [0.29, 0.717) is 6.54 Å². The van der Waals surface area contributed by atoms with Gasteiger partial charge >= 0.3 is 12.4 Å². The first kappa shape index (κ1) is 18.5. The second-order valence-corrected chi connectivity index (χ2v) is 4.02. The van der Waals surface area contributed by atoms with E-state index in [-0.39, 0.29) is 26.1 Å². The Morgan fingerprint density at radius 1 is 1.00 bits per heavy atom. The Morgan fingerprint density at radius 3 is 2.11 bits per heavy atom. The van der Waals surface area contributed by atoms with Crippen molar-refractivity contribution in [2.45, 2.75) is 18.8 Å². The molecule has 0 aromatic carbocycles. The molecule has 1 N–H and O–H groups in total. The van der Waals surface area contributed by atoms with Crippen molar-refractivity contribution in [1.82, 2.24) is 10.2 Å². The molecule has 3 nitrogen and oxygen atoms in total. The molecule has 0 saturated heterocycles. The zero-order chi connectivity index (χ0) is 14.9. The second-order valence-electron chi connectivity index (χ2n) is 4.02. The summed E-state index contributed by atoms with van der Waals surface area (Å²) in [6.07, 6.45) is -8.60. The normalized spacial score (nSPS) is 13.3. The van der Waals surface area contributed by atoms with Gasteiger partial charge in [-0.05, 0) is 13.5 Å². The predicted octanol–water partition coefficient (Wildman–Crippen LogP) is 2.04. The second kappa shape index (κ2) is 8.60. The smallest absolute Gasteiger partial charge is 0.372 e. The number of nitrogens with one attached hydrogen (secondary N) is 1. The number of halogens is 6. The van der Waals surface area contributed by atoms with Crippen LogP contribution in [0.2, 0.25) is 0 Å². The number of ether oxygens (including phenoxy) is 1. The lowest BCUT2D eigenvalue weighted by atomic mass is 10.3. The van der Waals surface area contributed by atoms with Gasteiger partial charge in [0.2, 0.25) is 0 Å². The largest absolute Gasteiger partial charge is 0.411 e. The molecule has 116 valence electrons. The van der Waals surface area contributed by atoms with Crippen LogP contribution in [0.15, 0.2) is 0 Å². The van der Waals surface area contributed by atoms with Crippen molar-refractivity contribution in [3.8, 4) is 0 Å². The highest BCUT2D eigenvalue weighted by atomic mass is 19.4. The lowest BCUT2D eigenvalue weighted by molar-refractivity contribution is -0.174. The fourth-order valence-corrected chi connectivity index (χ4v) is 1.37. The zero-order valence-corrected chi connectivity index (χ0v) is 10.6. The molecule has 0 aliphatic heterocycles. The molecular formula is C10H18F6N2O. The minimum absolute atomic E-state index is 0.0407. The molecule has 0 spiro atoms. The molecule has 0 aliphatic carbocycles. The van der Waals surface area contributed by atoms with E-state index in [4.69, 9.17) is 0 Å². The summed E-state index contributed by atoms with van der Waals surface area (Å²) >= 11 is 0. The average Bonchev–Trinajstić information content (AvgIpc) is 2.21. The van der Waals surface area contributed by atoms with Crippen molar-refractivity contribution in [2.24, 2.45) is 0 Å². The van der Waals surface area contributed by atoms with Gasteiger partial charge < -0.3 is 10.1 Å². The summed E-state index contributed by atoms with van der Waals surface area (Å²) in [5.41, 5.74) is 0. The van der Waals surface area contributed by atoms with Gasteiger partial charge in [0.05, 0.1) is 6.54 Å². The Hall–Kier alpha value is -0.540. The average molecular weight is 296 g/mol. The first-order valence-electron chi connectivity index (χ1n) is 5.72. The summed E-state index contributed by atoms with van der Waals surface area (Å²) in [6.45, 7) is -2.07. The van der Waals surface area contributed by atoms with Crippen molar-refractivity contribution in [3.63, 3.8) is 0 Å². The van der Waals surface area contributed by atoms with Crippen LogP contribution >= 0.6 is 0 Å². The van der Waals surface area contributed by atoms with Crippen molar-refractivity contribution in [2.75, 3.05) is 46.4 Å². The Kier molecular flexibility index (Phi) is 8.35. The van der Waals surface area contributed by atoms with E-state index in [2.05, 4.69) is 10.1 Å². The molecule has 0 aromatic heterocycles. The fraction of sp³-hybridized carbons (Fsp3) is 1.00. The van der Waals surface area contributed by atoms with E-state index in [0.717, 1.165) is 4.90 Å². The minimum atomic E-state index is -4.40. The molecule has 0 bridgehead atoms. The number of alkyl halides is 6. The van der Waals surface area contributed by atoms with Crippen LogP contribution < -0.4 is 5.32 Å². The van der Waals surface area contributed by atoms with E-state index in [9.17, 15) is 26.3 Å². The maximum absolute atomic E-state index is 12.2. The molecular weight excluding hydrogens is 278 g/mol. The third-order valence-corrected chi connectivity index (χ3v) is 2.11. The molecule has 0 saturated carbocycles. The summed E-state index contributed by atoms with van der Waals surface area (Å²) < 4.78 is 76.2. The summed E-state index contributed by atoms with van der Waals surface area (Å²) in [5, 5.41) is 2.72. The molecule has 0 amide bonds. The van der Waals surface area contributed by atoms with Gasteiger partial charge in [0.1, 0.15) is 6.61 Å². The number of rotatable bonds is 9. The Bertz CT molecular complexity index is 231. The maximum atomic E-state index is 12.2. The van der Waals surface area contributed by atoms with Gasteiger partial charge in [0, 0.05) is 26.2 Å². The van der Waals surface area contributed by atoms with Crippen molar-refractivity contribution >= 4 is 0 Å². The van der Waals surface area contributed by atoms with Crippen LogP contribution in [-0.2, 0) is 4.74 Å². The Labute approximate surface area is 107 Å². The minimum Gasteiger partial charge on any atom is -0.372 e. The van der Waals surface area contributed by atoms with Crippen LogP contribution in [0, 0.1) is 0 Å². The lowest BCUT2D eigenvalue weighted by Crippen LogP contribution is -2.39. The molecule has 0 rings (SSSR count). The SMILES string of the molecule is CNCCN(CCCOCC(F)(F)F)CC(F)(F)F. The van der Waals surface area contributed by atoms with Gasteiger partial charge in [0.25, 0.3) is 0 Å². The van der Waals surface area contributed by atoms with E-state index in [1.165, 1.54) is 0 Å². The summed E-state index contributed by atoms with van der Waals surface area (Å²) in [7, 11) is 1.61. The number of likely N-dealkylation sites (N-methyl/N-ethyl adjacent to an activating group) is 1. The van der Waals surface area contributed by atoms with Crippen molar-refractivity contribution < 1.29 is 31.1 Å². The van der Waals surface area contributed by atoms with Crippen LogP contribution in [-0.4, -0.2) is 63.7 Å². The summed E-state index contributed by atoms with van der Waals surface area (Å²) in [6, 6.07) is 0. The Morgan fingerprint density at radius 2 is 1.63 bits per heavy atom. The van der Waals surface area contributed by atoms with Crippen molar-refractivity contribution in [1.29, 1.82) is 0 Å². The van der Waals surface area contributed by atoms with Crippen LogP contribution in [0.3, 0.4) is 0 Å². The van der Waals surface area contributed by atoms with E-state index < -0.39 is 25.5 Å². The first-order chi connectivity index (χ1) is 8.64. The van der Waals surface area contributed by atoms with Gasteiger partial charge in [-0.25, -0.2) is 0 Å². The molecule has 0 radical (unpaired) electrons. The van der Waals surface area contributed by atoms with E-state index >= 15 is 0 Å². The summed E-state index contributed by atoms with van der Waals surface area (Å²) in [4.78, 5) is 1.13. The van der Waals surface area contributed by atoms with Gasteiger partial charge in [-0.3, -0.25) is 4.90 Å². The van der Waals surface area contributed by atoms with Crippen LogP contribution in [0.1, 0.15) is 6.42 Å². The quantitative estimate of drug-likeness (QED) is 0.520. The summed E-state index contributed by atoms with van der Waals surface area (Å²) in [5.74, 6) is 0. The molecule has 19 heavy (non-hydrogen) atoms. The molecule has 0 aromatic rings. The maximum Gasteiger partial charge on any atom is 0.411 e. The monoisotopic (exact) mass is 296 g/mol. The Balaban J connectivity index is 3.86. The third kappa shape index (κ3) is 13.7. The van der Waals surface area contributed by atoms with Crippen LogP contribution in [0.25, 0.3) is 0 Å². The highest BCUT2D eigenvalue weighted by Gasteiger charge is 2.30. The van der Waals surface area contributed by atoms with Crippen LogP contribution in [0.5, 0.6) is 0 Å². The highest BCUT2D eigenvalue weighted by molar-refractivity contribution is 4.64. The fourth-order valence-electron chi connectivity index (χ4n) is 1.37. The molecule has 0 heterocycles. The lowest BCUT2D eigenvalue weighted by Gasteiger charge is -2.23. The first-order valence-corrected chi connectivity index (χ1v) is 5.72. The molecule has 0 aliphatic rings. The van der Waals surface area contributed by atoms with Gasteiger partial charge in [-0.15, -0.1) is 0 Å². The number of hydrogen-bond donors (Lipinski definition) is 1. The predicted molar refractivity (Wildman–Crippen MR) is 57.9 cm³/mol. The molecule has 9 heteroatoms. The number of nitrogens with zero attached hydrogens (tertiary/aromatic N) is 1. The molecule has 0 fully saturated rings. The van der Waals surface area contributed by atoms with Crippen LogP contribution in [0.4, 0.5) is 26.3 Å². The highest BCUT2D eigenvalue weighted by Crippen LogP contribution is 2.17. The molecule has 0 unspecified atom stereocenters. The third-order valence-electron chi connectivity index (χ3n) is 2.11. The van der Waals surface area contributed by atoms with E-state index in [1.54, 1.807) is 7.05 Å². The van der Waals surface area contributed by atoms with Gasteiger partial charge in [0.15, 0.2) is 0 Å². The molecule has 0 atom stereocenters. The van der Waals surface area contributed by atoms with Gasteiger partial charge in [-0.1, -0.05) is 0 Å². The van der Waals surface area contributed by atoms with E-state index in [1.807, 2.05) is 0 Å². The van der Waals surface area contributed by atoms with Gasteiger partial charge in [-0.2, -0.15) is 26.3 Å². The zero-order valence-electron chi connectivity index (χ0n) is 10.6. The van der Waals surface area contributed by atoms with Crippen molar-refractivity contribution in [3.05, 3.63) is 0 Å².